The fourth-order valence-corrected chi connectivity index (χ4v) is 7.50. The molecule has 3 fully saturated rings. The van der Waals surface area contributed by atoms with Crippen LogP contribution in [0.1, 0.15) is 27.7 Å². The fraction of sp³-hybridized carbons (Fsp3) is 0.462. The molecule has 0 unspecified atom stereocenters. The summed E-state index contributed by atoms with van der Waals surface area (Å²) in [6.07, 6.45) is -2.06. The van der Waals surface area contributed by atoms with Crippen LogP contribution in [-0.4, -0.2) is 68.0 Å². The van der Waals surface area contributed by atoms with Crippen molar-refractivity contribution in [1.82, 2.24) is 19.9 Å². The molecule has 0 aromatic carbocycles. The predicted octanol–water partition coefficient (Wildman–Crippen LogP) is 4.66. The minimum absolute atomic E-state index is 0.202. The lowest BCUT2D eigenvalue weighted by Gasteiger charge is -2.37. The molecule has 7 heterocycles. The van der Waals surface area contributed by atoms with Crippen molar-refractivity contribution in [2.75, 3.05) is 5.75 Å². The number of hydrogen-bond acceptors (Lipinski definition) is 12. The van der Waals surface area contributed by atoms with Gasteiger partial charge in [-0.25, -0.2) is 15.0 Å². The predicted molar refractivity (Wildman–Crippen MR) is 148 cm³/mol. The van der Waals surface area contributed by atoms with Crippen molar-refractivity contribution < 1.29 is 23.7 Å². The minimum Gasteiger partial charge on any atom is -0.343 e. The van der Waals surface area contributed by atoms with Gasteiger partial charge in [0.25, 0.3) is 5.56 Å². The van der Waals surface area contributed by atoms with Crippen LogP contribution >= 0.6 is 34.4 Å². The number of nitrogens with zero attached hydrogens (tertiary/aromatic N) is 3. The van der Waals surface area contributed by atoms with E-state index in [0.29, 0.717) is 27.9 Å². The summed E-state index contributed by atoms with van der Waals surface area (Å²) >= 11 is 4.48. The van der Waals surface area contributed by atoms with Crippen molar-refractivity contribution in [1.29, 1.82) is 0 Å². The van der Waals surface area contributed by atoms with Crippen molar-refractivity contribution in [3.63, 3.8) is 0 Å². The van der Waals surface area contributed by atoms with Crippen LogP contribution in [0.15, 0.2) is 45.0 Å². The molecule has 39 heavy (non-hydrogen) atoms. The number of nitrogens with one attached hydrogen (secondary N) is 1. The van der Waals surface area contributed by atoms with Crippen LogP contribution in [0.3, 0.4) is 0 Å². The topological polar surface area (TPSA) is 118 Å². The SMILES string of the molecule is CC1(C)O[C@H]2[C@@H](O1)[C@@H](CSc1nc3nc(-c4cccs4)c(-c4cccs4)nc3c(=O)[nH]1)O[C@@H]1OC(C)(C)O[C@@H]12. The first-order chi connectivity index (χ1) is 18.7. The van der Waals surface area contributed by atoms with Gasteiger partial charge in [-0.1, -0.05) is 23.9 Å². The average molecular weight is 587 g/mol. The summed E-state index contributed by atoms with van der Waals surface area (Å²) in [6, 6.07) is 7.89. The fourth-order valence-electron chi connectivity index (χ4n) is 5.16. The van der Waals surface area contributed by atoms with Gasteiger partial charge in [-0.15, -0.1) is 22.7 Å². The summed E-state index contributed by atoms with van der Waals surface area (Å²) in [6.45, 7) is 7.46. The quantitative estimate of drug-likeness (QED) is 0.261. The highest BCUT2D eigenvalue weighted by atomic mass is 32.2. The Kier molecular flexibility index (Phi) is 6.21. The molecule has 3 aliphatic heterocycles. The molecule has 7 rings (SSSR count). The van der Waals surface area contributed by atoms with Gasteiger partial charge in [-0.3, -0.25) is 9.78 Å². The number of thioether (sulfide) groups is 1. The lowest BCUT2D eigenvalue weighted by molar-refractivity contribution is -0.228. The molecule has 3 aliphatic rings. The zero-order chi connectivity index (χ0) is 26.9. The number of hydrogen-bond donors (Lipinski definition) is 1. The van der Waals surface area contributed by atoms with Gasteiger partial charge >= 0.3 is 0 Å². The van der Waals surface area contributed by atoms with Crippen LogP contribution in [0.2, 0.25) is 0 Å². The molecule has 0 bridgehead atoms. The van der Waals surface area contributed by atoms with Crippen molar-refractivity contribution >= 4 is 45.6 Å². The molecule has 10 nitrogen and oxygen atoms in total. The molecule has 0 spiro atoms. The van der Waals surface area contributed by atoms with Gasteiger partial charge in [0.1, 0.15) is 29.7 Å². The molecule has 1 N–H and O–H groups in total. The first-order valence-electron chi connectivity index (χ1n) is 12.6. The maximum atomic E-state index is 13.1. The van der Waals surface area contributed by atoms with E-state index in [2.05, 4.69) is 9.97 Å². The van der Waals surface area contributed by atoms with Gasteiger partial charge in [-0.2, -0.15) is 0 Å². The number of H-pyrrole nitrogens is 1. The number of rotatable bonds is 5. The molecule has 0 amide bonds. The van der Waals surface area contributed by atoms with E-state index in [1.807, 2.05) is 62.7 Å². The summed E-state index contributed by atoms with van der Waals surface area (Å²) in [5, 5.41) is 4.39. The highest BCUT2D eigenvalue weighted by Crippen LogP contribution is 2.45. The Labute approximate surface area is 236 Å². The second kappa shape index (κ2) is 9.42. The molecule has 13 heteroatoms. The van der Waals surface area contributed by atoms with Crippen LogP contribution < -0.4 is 5.56 Å². The van der Waals surface area contributed by atoms with Gasteiger partial charge < -0.3 is 23.7 Å². The van der Waals surface area contributed by atoms with Gasteiger partial charge in [0, 0.05) is 5.75 Å². The minimum atomic E-state index is -0.788. The lowest BCUT2D eigenvalue weighted by Crippen LogP contribution is -2.55. The van der Waals surface area contributed by atoms with Crippen molar-refractivity contribution in [3.8, 4) is 21.1 Å². The first-order valence-corrected chi connectivity index (χ1v) is 15.3. The van der Waals surface area contributed by atoms with Crippen LogP contribution in [0, 0.1) is 0 Å². The van der Waals surface area contributed by atoms with E-state index < -0.39 is 24.0 Å². The molecule has 0 aliphatic carbocycles. The van der Waals surface area contributed by atoms with Crippen molar-refractivity contribution in [2.45, 2.75) is 75.1 Å². The lowest BCUT2D eigenvalue weighted by atomic mass is 10.00. The molecule has 4 aromatic rings. The largest absolute Gasteiger partial charge is 0.343 e. The summed E-state index contributed by atoms with van der Waals surface area (Å²) in [5.41, 5.74) is 1.53. The Morgan fingerprint density at radius 3 is 2.21 bits per heavy atom. The Hall–Kier alpha value is -2.23. The zero-order valence-electron chi connectivity index (χ0n) is 21.6. The normalized spacial score (nSPS) is 29.0. The Bertz CT molecular complexity index is 1570. The van der Waals surface area contributed by atoms with Crippen molar-refractivity contribution in [2.24, 2.45) is 0 Å². The molecule has 204 valence electrons. The summed E-state index contributed by atoms with van der Waals surface area (Å²) in [5.74, 6) is -1.12. The van der Waals surface area contributed by atoms with Crippen molar-refractivity contribution in [3.05, 3.63) is 45.4 Å². The third kappa shape index (κ3) is 4.74. The molecular weight excluding hydrogens is 561 g/mol. The van der Waals surface area contributed by atoms with Gasteiger partial charge in [0.15, 0.2) is 34.2 Å². The Balaban J connectivity index is 1.19. The summed E-state index contributed by atoms with van der Waals surface area (Å²) in [4.78, 5) is 32.1. The third-order valence-electron chi connectivity index (χ3n) is 6.66. The van der Waals surface area contributed by atoms with E-state index >= 15 is 0 Å². The van der Waals surface area contributed by atoms with Gasteiger partial charge in [-0.05, 0) is 50.6 Å². The van der Waals surface area contributed by atoms with Gasteiger partial charge in [0.2, 0.25) is 0 Å². The zero-order valence-corrected chi connectivity index (χ0v) is 24.0. The maximum absolute atomic E-state index is 13.1. The summed E-state index contributed by atoms with van der Waals surface area (Å²) < 4.78 is 30.8. The van der Waals surface area contributed by atoms with E-state index in [4.69, 9.17) is 33.7 Å². The van der Waals surface area contributed by atoms with E-state index in [-0.39, 0.29) is 29.4 Å². The molecule has 0 radical (unpaired) electrons. The van der Waals surface area contributed by atoms with Crippen LogP contribution in [0.4, 0.5) is 0 Å². The highest BCUT2D eigenvalue weighted by Gasteiger charge is 2.60. The number of thiophene rings is 2. The molecule has 3 saturated heterocycles. The second-order valence-electron chi connectivity index (χ2n) is 10.4. The number of aromatic nitrogens is 4. The second-order valence-corrected chi connectivity index (χ2v) is 13.3. The van der Waals surface area contributed by atoms with E-state index in [0.717, 1.165) is 9.75 Å². The van der Waals surface area contributed by atoms with Crippen LogP contribution in [0.25, 0.3) is 32.3 Å². The van der Waals surface area contributed by atoms with Gasteiger partial charge in [0.05, 0.1) is 15.9 Å². The maximum Gasteiger partial charge on any atom is 0.279 e. The third-order valence-corrected chi connectivity index (χ3v) is 9.38. The Morgan fingerprint density at radius 1 is 0.872 bits per heavy atom. The number of ether oxygens (including phenoxy) is 5. The number of aromatic amines is 1. The monoisotopic (exact) mass is 586 g/mol. The average Bonchev–Trinajstić information content (AvgIpc) is 3.67. The van der Waals surface area contributed by atoms with E-state index in [1.54, 1.807) is 22.7 Å². The Morgan fingerprint density at radius 2 is 1.51 bits per heavy atom. The van der Waals surface area contributed by atoms with Crippen LogP contribution in [0.5, 0.6) is 0 Å². The first kappa shape index (κ1) is 25.7. The highest BCUT2D eigenvalue weighted by molar-refractivity contribution is 7.99. The summed E-state index contributed by atoms with van der Waals surface area (Å²) in [7, 11) is 0. The number of fused-ring (bicyclic) bond motifs is 4. The van der Waals surface area contributed by atoms with E-state index in [1.165, 1.54) is 11.8 Å². The molecular formula is C26H26N4O6S3. The molecule has 0 saturated carbocycles. The molecule has 5 atom stereocenters. The molecule has 4 aromatic heterocycles. The standard InChI is InChI=1S/C26H26N4O6S3/c1-25(2)33-18-12(32-23-20(19(18)34-25)35-26(3,4)36-23)11-39-24-29-21-17(22(31)30-24)27-15(13-7-5-9-37-13)16(28-21)14-8-6-10-38-14/h5-10,12,18-20,23H,11H2,1-4H3,(H,28,29,30,31)/t12-,18+,19+,20-,23-/m1/s1. The van der Waals surface area contributed by atoms with Crippen LogP contribution in [-0.2, 0) is 23.7 Å². The van der Waals surface area contributed by atoms with E-state index in [9.17, 15) is 4.79 Å². The smallest absolute Gasteiger partial charge is 0.279 e.